The second-order valence-electron chi connectivity index (χ2n) is 6.26. The van der Waals surface area contributed by atoms with Crippen molar-refractivity contribution in [3.05, 3.63) is 40.6 Å². The number of aliphatic imine (C=N–C) groups is 1. The number of nitrogens with zero attached hydrogens (tertiary/aromatic N) is 3. The Hall–Kier alpha value is -2.83. The van der Waals surface area contributed by atoms with Gasteiger partial charge in [-0.2, -0.15) is 4.98 Å². The van der Waals surface area contributed by atoms with Crippen molar-refractivity contribution in [3.63, 3.8) is 0 Å². The summed E-state index contributed by atoms with van der Waals surface area (Å²) in [6.45, 7) is 5.55. The molecule has 1 aliphatic heterocycles. The van der Waals surface area contributed by atoms with Gasteiger partial charge in [0.05, 0.1) is 19.2 Å². The third-order valence-electron chi connectivity index (χ3n) is 4.20. The average Bonchev–Trinajstić information content (AvgIpc) is 3.11. The number of aromatic nitrogens is 2. The highest BCUT2D eigenvalue weighted by Gasteiger charge is 2.20. The molecule has 0 saturated heterocycles. The van der Waals surface area contributed by atoms with E-state index in [-0.39, 0.29) is 5.95 Å². The summed E-state index contributed by atoms with van der Waals surface area (Å²) < 4.78 is 11.2. The zero-order valence-corrected chi connectivity index (χ0v) is 14.7. The fourth-order valence-corrected chi connectivity index (χ4v) is 2.94. The van der Waals surface area contributed by atoms with Crippen LogP contribution in [-0.4, -0.2) is 36.1 Å². The number of benzene rings is 1. The molecular formula is C18H23N5O2. The average molecular weight is 341 g/mol. The van der Waals surface area contributed by atoms with E-state index in [1.54, 1.807) is 13.3 Å². The van der Waals surface area contributed by atoms with Gasteiger partial charge >= 0.3 is 0 Å². The molecule has 4 N–H and O–H groups in total. The van der Waals surface area contributed by atoms with E-state index >= 15 is 0 Å². The Labute approximate surface area is 147 Å². The molecule has 2 heterocycles. The lowest BCUT2D eigenvalue weighted by Gasteiger charge is -2.18. The van der Waals surface area contributed by atoms with Crippen molar-refractivity contribution >= 4 is 17.7 Å². The number of methoxy groups -OCH3 is 1. The van der Waals surface area contributed by atoms with Crippen LogP contribution in [0.2, 0.25) is 0 Å². The van der Waals surface area contributed by atoms with Crippen molar-refractivity contribution in [3.8, 4) is 5.75 Å². The molecule has 0 bridgehead atoms. The molecule has 0 spiro atoms. The van der Waals surface area contributed by atoms with Gasteiger partial charge in [-0.1, -0.05) is 13.8 Å². The highest BCUT2D eigenvalue weighted by molar-refractivity contribution is 5.98. The third kappa shape index (κ3) is 3.50. The first-order valence-corrected chi connectivity index (χ1v) is 8.25. The summed E-state index contributed by atoms with van der Waals surface area (Å²) in [5, 5.41) is 0. The van der Waals surface area contributed by atoms with Crippen LogP contribution in [0.4, 0.5) is 11.8 Å². The van der Waals surface area contributed by atoms with Gasteiger partial charge in [-0.3, -0.25) is 0 Å². The minimum absolute atomic E-state index is 0.175. The van der Waals surface area contributed by atoms with E-state index in [2.05, 4.69) is 34.9 Å². The predicted octanol–water partition coefficient (Wildman–Crippen LogP) is 2.14. The van der Waals surface area contributed by atoms with Gasteiger partial charge < -0.3 is 20.9 Å². The maximum absolute atomic E-state index is 6.01. The van der Waals surface area contributed by atoms with Gasteiger partial charge in [0.15, 0.2) is 0 Å². The van der Waals surface area contributed by atoms with E-state index in [1.165, 1.54) is 5.56 Å². The Kier molecular flexibility index (Phi) is 4.74. The van der Waals surface area contributed by atoms with Crippen LogP contribution in [0.3, 0.4) is 0 Å². The first-order chi connectivity index (χ1) is 12.0. The van der Waals surface area contributed by atoms with Crippen LogP contribution >= 0.6 is 0 Å². The van der Waals surface area contributed by atoms with E-state index in [0.717, 1.165) is 22.4 Å². The van der Waals surface area contributed by atoms with Gasteiger partial charge in [0.25, 0.3) is 0 Å². The quantitative estimate of drug-likeness (QED) is 0.862. The van der Waals surface area contributed by atoms with Gasteiger partial charge in [-0.15, -0.1) is 0 Å². The lowest BCUT2D eigenvalue weighted by Crippen LogP contribution is -2.09. The molecule has 132 valence electrons. The Morgan fingerprint density at radius 2 is 2.04 bits per heavy atom. The normalized spacial score (nSPS) is 13.7. The molecule has 1 aromatic heterocycles. The monoisotopic (exact) mass is 341 g/mol. The van der Waals surface area contributed by atoms with E-state index < -0.39 is 0 Å². The SMILES string of the molecule is COc1cc(C(C)C)c(Cc2cnc(N)nc2N)cc1C1=NCCO1. The van der Waals surface area contributed by atoms with Crippen molar-refractivity contribution in [2.45, 2.75) is 26.2 Å². The van der Waals surface area contributed by atoms with E-state index in [4.69, 9.17) is 20.9 Å². The van der Waals surface area contributed by atoms with Crippen LogP contribution in [-0.2, 0) is 11.2 Å². The van der Waals surface area contributed by atoms with Crippen LogP contribution in [0.5, 0.6) is 5.75 Å². The summed E-state index contributed by atoms with van der Waals surface area (Å²) in [5.41, 5.74) is 15.6. The van der Waals surface area contributed by atoms with E-state index in [1.807, 2.05) is 6.07 Å². The van der Waals surface area contributed by atoms with Crippen LogP contribution < -0.4 is 16.2 Å². The molecule has 0 saturated carbocycles. The standard InChI is InChI=1S/C18H23N5O2/c1-10(2)13-8-15(24-3)14(17-21-4-5-25-17)7-11(13)6-12-9-22-18(20)23-16(12)19/h7-10H,4-6H2,1-3H3,(H4,19,20,22,23). The number of rotatable bonds is 5. The van der Waals surface area contributed by atoms with Gasteiger partial charge in [0, 0.05) is 18.2 Å². The first-order valence-electron chi connectivity index (χ1n) is 8.25. The summed E-state index contributed by atoms with van der Waals surface area (Å²) in [5.74, 6) is 2.27. The fraction of sp³-hybridized carbons (Fsp3) is 0.389. The molecule has 3 rings (SSSR count). The maximum Gasteiger partial charge on any atom is 0.221 e. The van der Waals surface area contributed by atoms with Crippen LogP contribution in [0.25, 0.3) is 0 Å². The summed E-state index contributed by atoms with van der Waals surface area (Å²) in [6, 6.07) is 4.11. The molecule has 0 radical (unpaired) electrons. The van der Waals surface area contributed by atoms with Crippen LogP contribution in [0.15, 0.2) is 23.3 Å². The minimum Gasteiger partial charge on any atom is -0.496 e. The molecule has 0 atom stereocenters. The zero-order chi connectivity index (χ0) is 18.0. The zero-order valence-electron chi connectivity index (χ0n) is 14.7. The lowest BCUT2D eigenvalue weighted by molar-refractivity contribution is 0.345. The first kappa shape index (κ1) is 17.0. The fourth-order valence-electron chi connectivity index (χ4n) is 2.94. The van der Waals surface area contributed by atoms with E-state index in [9.17, 15) is 0 Å². The molecule has 25 heavy (non-hydrogen) atoms. The number of hydrogen-bond donors (Lipinski definition) is 2. The number of hydrogen-bond acceptors (Lipinski definition) is 7. The molecule has 0 amide bonds. The summed E-state index contributed by atoms with van der Waals surface area (Å²) in [7, 11) is 1.66. The Morgan fingerprint density at radius 1 is 1.24 bits per heavy atom. The highest BCUT2D eigenvalue weighted by atomic mass is 16.5. The largest absolute Gasteiger partial charge is 0.496 e. The molecule has 0 aliphatic carbocycles. The van der Waals surface area contributed by atoms with Crippen LogP contribution in [0, 0.1) is 0 Å². The molecule has 0 unspecified atom stereocenters. The smallest absolute Gasteiger partial charge is 0.221 e. The number of nitrogen functional groups attached to an aromatic ring is 2. The van der Waals surface area contributed by atoms with Crippen molar-refractivity contribution in [1.29, 1.82) is 0 Å². The van der Waals surface area contributed by atoms with Gasteiger partial charge in [0.1, 0.15) is 18.2 Å². The van der Waals surface area contributed by atoms with E-state index in [0.29, 0.717) is 37.2 Å². The summed E-state index contributed by atoms with van der Waals surface area (Å²) in [4.78, 5) is 12.5. The predicted molar refractivity (Wildman–Crippen MR) is 98.1 cm³/mol. The van der Waals surface area contributed by atoms with Gasteiger partial charge in [-0.25, -0.2) is 9.98 Å². The number of nitrogens with two attached hydrogens (primary N) is 2. The van der Waals surface area contributed by atoms with Crippen molar-refractivity contribution < 1.29 is 9.47 Å². The molecule has 0 fully saturated rings. The number of ether oxygens (including phenoxy) is 2. The molecule has 1 aromatic carbocycles. The maximum atomic E-state index is 6.01. The van der Waals surface area contributed by atoms with Crippen molar-refractivity contribution in [1.82, 2.24) is 9.97 Å². The highest BCUT2D eigenvalue weighted by Crippen LogP contribution is 2.32. The third-order valence-corrected chi connectivity index (χ3v) is 4.20. The molecule has 2 aromatic rings. The van der Waals surface area contributed by atoms with Crippen molar-refractivity contribution in [2.24, 2.45) is 4.99 Å². The summed E-state index contributed by atoms with van der Waals surface area (Å²) >= 11 is 0. The second kappa shape index (κ2) is 6.96. The van der Waals surface area contributed by atoms with Crippen LogP contribution in [0.1, 0.15) is 42.0 Å². The lowest BCUT2D eigenvalue weighted by atomic mass is 9.91. The minimum atomic E-state index is 0.175. The Morgan fingerprint density at radius 3 is 2.64 bits per heavy atom. The van der Waals surface area contributed by atoms with Gasteiger partial charge in [0.2, 0.25) is 11.8 Å². The Bertz CT molecular complexity index is 817. The summed E-state index contributed by atoms with van der Waals surface area (Å²) in [6.07, 6.45) is 2.28. The molecule has 1 aliphatic rings. The topological polar surface area (TPSA) is 109 Å². The molecular weight excluding hydrogens is 318 g/mol. The molecule has 7 heteroatoms. The van der Waals surface area contributed by atoms with Crippen molar-refractivity contribution in [2.75, 3.05) is 31.7 Å². The second-order valence-corrected chi connectivity index (χ2v) is 6.26. The number of anilines is 2. The van der Waals surface area contributed by atoms with Gasteiger partial charge in [-0.05, 0) is 29.2 Å². The molecule has 7 nitrogen and oxygen atoms in total. The Balaban J connectivity index is 2.08.